The highest BCUT2D eigenvalue weighted by Crippen LogP contribution is 2.37. The highest BCUT2D eigenvalue weighted by molar-refractivity contribution is 5.87. The van der Waals surface area contributed by atoms with Crippen molar-refractivity contribution in [1.82, 2.24) is 23.6 Å². The molecule has 2 bridgehead atoms. The average molecular weight is 478 g/mol. The van der Waals surface area contributed by atoms with Crippen molar-refractivity contribution >= 4 is 23.2 Å². The van der Waals surface area contributed by atoms with E-state index in [1.807, 2.05) is 34.9 Å². The van der Waals surface area contributed by atoms with Gasteiger partial charge in [-0.2, -0.15) is 0 Å². The normalized spacial score (nSPS) is 22.3. The second kappa shape index (κ2) is 9.65. The van der Waals surface area contributed by atoms with E-state index in [2.05, 4.69) is 9.88 Å². The second-order valence-electron chi connectivity index (χ2n) is 9.57. The molecule has 0 radical (unpaired) electrons. The number of esters is 1. The van der Waals surface area contributed by atoms with E-state index < -0.39 is 0 Å². The largest absolute Gasteiger partial charge is 0.459 e. The molecule has 2 aliphatic heterocycles. The minimum Gasteiger partial charge on any atom is -0.459 e. The van der Waals surface area contributed by atoms with Gasteiger partial charge in [0.25, 0.3) is 5.56 Å². The minimum atomic E-state index is -0.372. The van der Waals surface area contributed by atoms with E-state index in [1.54, 1.807) is 19.5 Å². The first-order valence-corrected chi connectivity index (χ1v) is 12.2. The van der Waals surface area contributed by atoms with Gasteiger partial charge in [0, 0.05) is 58.2 Å². The number of benzene rings is 1. The Balaban J connectivity index is 1.17. The summed E-state index contributed by atoms with van der Waals surface area (Å²) in [4.78, 5) is 44.0. The zero-order chi connectivity index (χ0) is 24.5. The fourth-order valence-electron chi connectivity index (χ4n) is 5.61. The van der Waals surface area contributed by atoms with Gasteiger partial charge in [-0.15, -0.1) is 0 Å². The first-order valence-electron chi connectivity index (χ1n) is 12.2. The molecule has 2 unspecified atom stereocenters. The summed E-state index contributed by atoms with van der Waals surface area (Å²) in [7, 11) is 3.13. The van der Waals surface area contributed by atoms with Gasteiger partial charge < -0.3 is 9.30 Å². The Morgan fingerprint density at radius 1 is 1.06 bits per heavy atom. The molecule has 0 spiro atoms. The molecule has 2 fully saturated rings. The van der Waals surface area contributed by atoms with E-state index in [-0.39, 0.29) is 23.3 Å². The van der Waals surface area contributed by atoms with Gasteiger partial charge in [-0.25, -0.2) is 14.6 Å². The van der Waals surface area contributed by atoms with Gasteiger partial charge in [-0.1, -0.05) is 30.3 Å². The molecule has 0 amide bonds. The Bertz CT molecular complexity index is 1360. The van der Waals surface area contributed by atoms with Crippen LogP contribution in [0.4, 0.5) is 0 Å². The van der Waals surface area contributed by atoms with Gasteiger partial charge in [0.1, 0.15) is 6.10 Å². The molecular formula is C26H31N5O4. The molecular weight excluding hydrogens is 446 g/mol. The summed E-state index contributed by atoms with van der Waals surface area (Å²) in [5.41, 5.74) is 1.17. The summed E-state index contributed by atoms with van der Waals surface area (Å²) < 4.78 is 10.2. The Hall–Kier alpha value is -3.46. The van der Waals surface area contributed by atoms with Crippen LogP contribution in [0.3, 0.4) is 0 Å². The maximum Gasteiger partial charge on any atom is 0.332 e. The molecule has 2 aliphatic rings. The van der Waals surface area contributed by atoms with Crippen LogP contribution < -0.4 is 11.2 Å². The van der Waals surface area contributed by atoms with Crippen molar-refractivity contribution in [3.05, 3.63) is 69.1 Å². The number of hydrogen-bond donors (Lipinski definition) is 0. The number of fused-ring (bicyclic) bond motifs is 3. The molecule has 2 saturated heterocycles. The van der Waals surface area contributed by atoms with Crippen LogP contribution in [0, 0.1) is 0 Å². The van der Waals surface area contributed by atoms with Gasteiger partial charge >= 0.3 is 11.7 Å². The summed E-state index contributed by atoms with van der Waals surface area (Å²) in [6.07, 6.45) is 9.74. The lowest BCUT2D eigenvalue weighted by atomic mass is 9.99. The molecule has 0 saturated carbocycles. The van der Waals surface area contributed by atoms with Crippen molar-refractivity contribution in [3.8, 4) is 0 Å². The van der Waals surface area contributed by atoms with E-state index in [0.717, 1.165) is 48.8 Å². The maximum atomic E-state index is 12.6. The number of hydrogen-bond acceptors (Lipinski definition) is 6. The van der Waals surface area contributed by atoms with E-state index in [9.17, 15) is 14.4 Å². The lowest BCUT2D eigenvalue weighted by molar-refractivity contribution is -0.146. The number of ether oxygens (including phenoxy) is 1. The highest BCUT2D eigenvalue weighted by atomic mass is 16.5. The van der Waals surface area contributed by atoms with Crippen molar-refractivity contribution in [2.24, 2.45) is 14.1 Å². The Morgan fingerprint density at radius 2 is 1.77 bits per heavy atom. The number of aryl methyl sites for hydroxylation is 2. The van der Waals surface area contributed by atoms with Gasteiger partial charge in [0.05, 0.1) is 6.33 Å². The van der Waals surface area contributed by atoms with Crippen molar-refractivity contribution in [2.45, 2.75) is 56.8 Å². The molecule has 35 heavy (non-hydrogen) atoms. The summed E-state index contributed by atoms with van der Waals surface area (Å²) in [5, 5.41) is 0. The fraction of sp³-hybridized carbons (Fsp3) is 0.462. The second-order valence-corrected chi connectivity index (χ2v) is 9.57. The number of carbonyl (C=O) groups excluding carboxylic acids is 1. The highest BCUT2D eigenvalue weighted by Gasteiger charge is 2.41. The Kier molecular flexibility index (Phi) is 6.42. The third kappa shape index (κ3) is 4.60. The monoisotopic (exact) mass is 477 g/mol. The van der Waals surface area contributed by atoms with Crippen molar-refractivity contribution in [1.29, 1.82) is 0 Å². The minimum absolute atomic E-state index is 0.0430. The number of nitrogens with zero attached hydrogens (tertiary/aromatic N) is 5. The first-order chi connectivity index (χ1) is 16.9. The molecule has 184 valence electrons. The predicted octanol–water partition coefficient (Wildman–Crippen LogP) is 2.08. The van der Waals surface area contributed by atoms with Gasteiger partial charge in [0.2, 0.25) is 0 Å². The average Bonchev–Trinajstić information content (AvgIpc) is 3.38. The Labute approximate surface area is 203 Å². The molecule has 0 aliphatic carbocycles. The van der Waals surface area contributed by atoms with E-state index in [0.29, 0.717) is 29.8 Å². The molecule has 4 heterocycles. The van der Waals surface area contributed by atoms with Crippen LogP contribution in [0.25, 0.3) is 17.2 Å². The molecule has 9 heteroatoms. The quantitative estimate of drug-likeness (QED) is 0.382. The SMILES string of the molecule is Cn1c(=O)c2c(ncn2CCCN2C3CCC2CC(OC(=O)/C=C/c2ccccc2)C3)n(C)c1=O. The first kappa shape index (κ1) is 23.3. The van der Waals surface area contributed by atoms with Crippen LogP contribution in [0.5, 0.6) is 0 Å². The number of rotatable bonds is 7. The van der Waals surface area contributed by atoms with Crippen LogP contribution in [-0.2, 0) is 30.2 Å². The molecule has 5 rings (SSSR count). The topological polar surface area (TPSA) is 91.4 Å². The van der Waals surface area contributed by atoms with Gasteiger partial charge in [0.15, 0.2) is 11.2 Å². The van der Waals surface area contributed by atoms with E-state index in [4.69, 9.17) is 4.74 Å². The zero-order valence-corrected chi connectivity index (χ0v) is 20.2. The smallest absolute Gasteiger partial charge is 0.332 e. The standard InChI is InChI=1S/C26H31N5O4/c1-28-24-23(25(33)29(2)26(28)34)30(17-27-24)13-6-14-31-19-10-11-20(31)16-21(15-19)35-22(32)12-9-18-7-4-3-5-8-18/h3-5,7-9,12,17,19-21H,6,10-11,13-16H2,1-2H3/b12-9+. The molecule has 0 N–H and O–H groups in total. The van der Waals surface area contributed by atoms with Crippen molar-refractivity contribution < 1.29 is 9.53 Å². The van der Waals surface area contributed by atoms with Crippen LogP contribution in [0.15, 0.2) is 52.3 Å². The van der Waals surface area contributed by atoms with Crippen LogP contribution in [0.2, 0.25) is 0 Å². The van der Waals surface area contributed by atoms with Crippen LogP contribution in [0.1, 0.15) is 37.7 Å². The third-order valence-corrected chi connectivity index (χ3v) is 7.37. The summed E-state index contributed by atoms with van der Waals surface area (Å²) in [5.74, 6) is -0.283. The molecule has 2 atom stereocenters. The van der Waals surface area contributed by atoms with Gasteiger partial charge in [-0.05, 0) is 30.9 Å². The maximum absolute atomic E-state index is 12.6. The third-order valence-electron chi connectivity index (χ3n) is 7.37. The summed E-state index contributed by atoms with van der Waals surface area (Å²) in [6.45, 7) is 1.57. The number of piperidine rings is 1. The lowest BCUT2D eigenvalue weighted by Crippen LogP contribution is -2.46. The lowest BCUT2D eigenvalue weighted by Gasteiger charge is -2.38. The number of imidazole rings is 1. The van der Waals surface area contributed by atoms with Crippen LogP contribution >= 0.6 is 0 Å². The molecule has 3 aromatic rings. The van der Waals surface area contributed by atoms with Gasteiger partial charge in [-0.3, -0.25) is 18.8 Å². The molecule has 2 aromatic heterocycles. The Morgan fingerprint density at radius 3 is 2.49 bits per heavy atom. The van der Waals surface area contributed by atoms with Crippen molar-refractivity contribution in [3.63, 3.8) is 0 Å². The molecule has 1 aromatic carbocycles. The number of aromatic nitrogens is 4. The number of carbonyl (C=O) groups is 1. The zero-order valence-electron chi connectivity index (χ0n) is 20.2. The van der Waals surface area contributed by atoms with E-state index >= 15 is 0 Å². The fourth-order valence-corrected chi connectivity index (χ4v) is 5.61. The molecule has 9 nitrogen and oxygen atoms in total. The van der Waals surface area contributed by atoms with Crippen LogP contribution in [-0.4, -0.2) is 54.3 Å². The predicted molar refractivity (Wildman–Crippen MR) is 133 cm³/mol. The van der Waals surface area contributed by atoms with E-state index in [1.165, 1.54) is 17.7 Å². The summed E-state index contributed by atoms with van der Waals surface area (Å²) >= 11 is 0. The van der Waals surface area contributed by atoms with Crippen molar-refractivity contribution in [2.75, 3.05) is 6.54 Å². The summed E-state index contributed by atoms with van der Waals surface area (Å²) in [6, 6.07) is 10.6.